The average molecular weight is 410 g/mol. The van der Waals surface area contributed by atoms with E-state index >= 15 is 0 Å². The van der Waals surface area contributed by atoms with Crippen molar-refractivity contribution < 1.29 is 19.1 Å². The number of amides is 2. The molecule has 1 aliphatic heterocycles. The van der Waals surface area contributed by atoms with Crippen LogP contribution in [0.3, 0.4) is 0 Å². The average Bonchev–Trinajstić information content (AvgIpc) is 2.79. The summed E-state index contributed by atoms with van der Waals surface area (Å²) in [5, 5.41) is 5.25. The highest BCUT2D eigenvalue weighted by atomic mass is 16.5. The van der Waals surface area contributed by atoms with Gasteiger partial charge in [0.2, 0.25) is 0 Å². The highest BCUT2D eigenvalue weighted by molar-refractivity contribution is 6.39. The minimum absolute atomic E-state index is 0.353. The summed E-state index contributed by atoms with van der Waals surface area (Å²) in [4.78, 5) is 42.1. The molecule has 8 heteroatoms. The number of likely N-dealkylation sites (tertiary alicyclic amines) is 1. The third-order valence-corrected chi connectivity index (χ3v) is 5.16. The molecule has 2 amide bonds. The number of pyridine rings is 1. The Morgan fingerprint density at radius 1 is 1.10 bits per heavy atom. The smallest absolute Gasteiger partial charge is 0.337 e. The van der Waals surface area contributed by atoms with E-state index in [1.807, 2.05) is 12.3 Å². The normalized spacial score (nSPS) is 14.7. The molecule has 0 radical (unpaired) electrons. The van der Waals surface area contributed by atoms with Crippen LogP contribution in [0.25, 0.3) is 0 Å². The number of piperidine rings is 1. The van der Waals surface area contributed by atoms with Gasteiger partial charge in [0.05, 0.1) is 12.7 Å². The third-order valence-electron chi connectivity index (χ3n) is 5.16. The number of anilines is 1. The number of nitrogens with one attached hydrogen (secondary N) is 2. The summed E-state index contributed by atoms with van der Waals surface area (Å²) in [5.74, 6) is -1.50. The molecule has 1 aromatic heterocycles. The Morgan fingerprint density at radius 3 is 2.47 bits per heavy atom. The van der Waals surface area contributed by atoms with Gasteiger partial charge in [-0.05, 0) is 67.7 Å². The van der Waals surface area contributed by atoms with Crippen molar-refractivity contribution in [2.75, 3.05) is 32.1 Å². The van der Waals surface area contributed by atoms with E-state index in [1.54, 1.807) is 18.3 Å². The number of ether oxygens (including phenoxy) is 1. The molecule has 3 rings (SSSR count). The summed E-state index contributed by atoms with van der Waals surface area (Å²) in [7, 11) is 1.30. The Labute approximate surface area is 175 Å². The molecule has 1 aliphatic rings. The fourth-order valence-corrected chi connectivity index (χ4v) is 3.41. The molecule has 30 heavy (non-hydrogen) atoms. The van der Waals surface area contributed by atoms with Crippen molar-refractivity contribution in [1.82, 2.24) is 15.2 Å². The van der Waals surface area contributed by atoms with Gasteiger partial charge in [-0.2, -0.15) is 0 Å². The van der Waals surface area contributed by atoms with Crippen molar-refractivity contribution in [3.05, 3.63) is 59.9 Å². The number of hydrogen-bond donors (Lipinski definition) is 2. The molecule has 1 saturated heterocycles. The summed E-state index contributed by atoms with van der Waals surface area (Å²) in [6, 6.07) is 10.2. The molecule has 1 fully saturated rings. The van der Waals surface area contributed by atoms with Gasteiger partial charge in [0.25, 0.3) is 0 Å². The van der Waals surface area contributed by atoms with Crippen LogP contribution >= 0.6 is 0 Å². The van der Waals surface area contributed by atoms with Crippen LogP contribution in [0.1, 0.15) is 28.8 Å². The molecule has 0 spiro atoms. The Hall–Kier alpha value is -3.26. The zero-order valence-corrected chi connectivity index (χ0v) is 17.0. The van der Waals surface area contributed by atoms with Crippen LogP contribution in [0, 0.1) is 5.92 Å². The Bertz CT molecular complexity index is 862. The van der Waals surface area contributed by atoms with E-state index in [4.69, 9.17) is 0 Å². The molecule has 0 aliphatic carbocycles. The molecule has 1 aromatic carbocycles. The van der Waals surface area contributed by atoms with E-state index in [1.165, 1.54) is 24.8 Å². The summed E-state index contributed by atoms with van der Waals surface area (Å²) in [5.41, 5.74) is 2.00. The minimum Gasteiger partial charge on any atom is -0.465 e. The van der Waals surface area contributed by atoms with Crippen LogP contribution in [-0.4, -0.2) is 54.4 Å². The number of esters is 1. The quantitative estimate of drug-likeness (QED) is 0.557. The van der Waals surface area contributed by atoms with Gasteiger partial charge in [-0.1, -0.05) is 6.07 Å². The second-order valence-corrected chi connectivity index (χ2v) is 7.31. The maximum absolute atomic E-state index is 12.1. The summed E-state index contributed by atoms with van der Waals surface area (Å²) >= 11 is 0. The predicted octanol–water partition coefficient (Wildman–Crippen LogP) is 1.84. The highest BCUT2D eigenvalue weighted by Gasteiger charge is 2.21. The van der Waals surface area contributed by atoms with E-state index in [-0.39, 0.29) is 0 Å². The summed E-state index contributed by atoms with van der Waals surface area (Å²) in [6.07, 6.45) is 5.59. The second-order valence-electron chi connectivity index (χ2n) is 7.31. The highest BCUT2D eigenvalue weighted by Crippen LogP contribution is 2.18. The molecule has 0 unspecified atom stereocenters. The van der Waals surface area contributed by atoms with Crippen molar-refractivity contribution in [3.8, 4) is 0 Å². The van der Waals surface area contributed by atoms with E-state index in [0.717, 1.165) is 32.5 Å². The monoisotopic (exact) mass is 410 g/mol. The first-order chi connectivity index (χ1) is 14.5. The third kappa shape index (κ3) is 6.12. The fourth-order valence-electron chi connectivity index (χ4n) is 3.41. The largest absolute Gasteiger partial charge is 0.465 e. The van der Waals surface area contributed by atoms with Crippen LogP contribution < -0.4 is 10.6 Å². The van der Waals surface area contributed by atoms with Crippen LogP contribution in [0.15, 0.2) is 48.8 Å². The predicted molar refractivity (Wildman–Crippen MR) is 112 cm³/mol. The van der Waals surface area contributed by atoms with Crippen molar-refractivity contribution in [2.24, 2.45) is 5.92 Å². The summed E-state index contributed by atoms with van der Waals surface area (Å²) in [6.45, 7) is 3.26. The van der Waals surface area contributed by atoms with Crippen molar-refractivity contribution in [1.29, 1.82) is 0 Å². The zero-order chi connectivity index (χ0) is 21.3. The van der Waals surface area contributed by atoms with Gasteiger partial charge in [0.15, 0.2) is 0 Å². The minimum atomic E-state index is -0.727. The molecule has 8 nitrogen and oxygen atoms in total. The van der Waals surface area contributed by atoms with Gasteiger partial charge in [-0.25, -0.2) is 4.79 Å². The maximum Gasteiger partial charge on any atom is 0.337 e. The number of carbonyl (C=O) groups excluding carboxylic acids is 3. The van der Waals surface area contributed by atoms with Gasteiger partial charge in [0.1, 0.15) is 0 Å². The number of hydrogen-bond acceptors (Lipinski definition) is 6. The lowest BCUT2D eigenvalue weighted by molar-refractivity contribution is -0.136. The lowest BCUT2D eigenvalue weighted by Gasteiger charge is -2.31. The van der Waals surface area contributed by atoms with Gasteiger partial charge >= 0.3 is 17.8 Å². The molecule has 158 valence electrons. The van der Waals surface area contributed by atoms with Gasteiger partial charge in [0, 0.05) is 31.2 Å². The van der Waals surface area contributed by atoms with Gasteiger partial charge in [-0.3, -0.25) is 19.5 Å². The fraction of sp³-hybridized carbons (Fsp3) is 0.364. The summed E-state index contributed by atoms with van der Waals surface area (Å²) < 4.78 is 4.63. The van der Waals surface area contributed by atoms with E-state index < -0.39 is 17.8 Å². The number of carbonyl (C=O) groups is 3. The Balaban J connectivity index is 1.38. The molecule has 2 N–H and O–H groups in total. The Kier molecular flexibility index (Phi) is 7.51. The van der Waals surface area contributed by atoms with Gasteiger partial charge in [-0.15, -0.1) is 0 Å². The zero-order valence-electron chi connectivity index (χ0n) is 17.0. The molecule has 0 atom stereocenters. The number of benzene rings is 1. The molecule has 0 saturated carbocycles. The SMILES string of the molecule is COC(=O)c1ccc(NC(=O)C(=O)NCC2CCN(Cc3cccnc3)CC2)cc1. The van der Waals surface area contributed by atoms with Crippen molar-refractivity contribution >= 4 is 23.5 Å². The number of methoxy groups -OCH3 is 1. The lowest BCUT2D eigenvalue weighted by atomic mass is 9.96. The van der Waals surface area contributed by atoms with Gasteiger partial charge < -0.3 is 15.4 Å². The first-order valence-electron chi connectivity index (χ1n) is 9.94. The Morgan fingerprint density at radius 2 is 1.83 bits per heavy atom. The standard InChI is InChI=1S/C22H26N4O4/c1-30-22(29)18-4-6-19(7-5-18)25-21(28)20(27)24-14-16-8-11-26(12-9-16)15-17-3-2-10-23-13-17/h2-7,10,13,16H,8-9,11-12,14-15H2,1H3,(H,24,27)(H,25,28). The molecule has 0 bridgehead atoms. The molecular weight excluding hydrogens is 384 g/mol. The topological polar surface area (TPSA) is 101 Å². The van der Waals surface area contributed by atoms with Crippen LogP contribution in [0.4, 0.5) is 5.69 Å². The second kappa shape index (κ2) is 10.5. The van der Waals surface area contributed by atoms with E-state index in [0.29, 0.717) is 23.7 Å². The lowest BCUT2D eigenvalue weighted by Crippen LogP contribution is -2.41. The maximum atomic E-state index is 12.1. The first-order valence-corrected chi connectivity index (χ1v) is 9.94. The molecule has 2 heterocycles. The first kappa shape index (κ1) is 21.4. The van der Waals surface area contributed by atoms with Crippen LogP contribution in [0.5, 0.6) is 0 Å². The van der Waals surface area contributed by atoms with Crippen LogP contribution in [0.2, 0.25) is 0 Å². The number of nitrogens with zero attached hydrogens (tertiary/aromatic N) is 2. The number of aromatic nitrogens is 1. The number of rotatable bonds is 6. The van der Waals surface area contributed by atoms with E-state index in [9.17, 15) is 14.4 Å². The van der Waals surface area contributed by atoms with Crippen molar-refractivity contribution in [3.63, 3.8) is 0 Å². The van der Waals surface area contributed by atoms with E-state index in [2.05, 4.69) is 31.3 Å². The molecule has 2 aromatic rings. The van der Waals surface area contributed by atoms with Crippen molar-refractivity contribution in [2.45, 2.75) is 19.4 Å². The molecular formula is C22H26N4O4. The van der Waals surface area contributed by atoms with Crippen LogP contribution in [-0.2, 0) is 20.9 Å².